The Morgan fingerprint density at radius 1 is 1.24 bits per heavy atom. The van der Waals surface area contributed by atoms with E-state index in [2.05, 4.69) is 10.3 Å². The number of nitrogens with one attached hydrogen (secondary N) is 1. The van der Waals surface area contributed by atoms with Gasteiger partial charge in [-0.25, -0.2) is 4.98 Å². The number of rotatable bonds is 6. The number of anilines is 1. The number of methoxy groups -OCH3 is 2. The molecule has 0 spiro atoms. The van der Waals surface area contributed by atoms with Crippen LogP contribution < -0.4 is 26.1 Å². The molecule has 0 aliphatic carbocycles. The number of nitrogens with zero attached hydrogens (tertiary/aromatic N) is 2. The fourth-order valence-corrected chi connectivity index (χ4v) is 3.93. The van der Waals surface area contributed by atoms with E-state index in [0.29, 0.717) is 27.6 Å². The quantitative estimate of drug-likeness (QED) is 0.634. The van der Waals surface area contributed by atoms with Crippen LogP contribution in [0.4, 0.5) is 5.69 Å². The SMILES string of the molecule is COc1ccc(NC(=O)C(C)n2cnc3sc(C(N)=O)c(C)c3c2=O)cc1OC. The van der Waals surface area contributed by atoms with E-state index in [1.165, 1.54) is 25.1 Å². The molecule has 2 amide bonds. The molecular weight excluding hydrogens is 396 g/mol. The number of carbonyl (C=O) groups excluding carboxylic acids is 2. The van der Waals surface area contributed by atoms with Crippen LogP contribution in [0.25, 0.3) is 10.2 Å². The number of fused-ring (bicyclic) bond motifs is 1. The number of hydrogen-bond acceptors (Lipinski definition) is 7. The molecule has 1 atom stereocenters. The number of hydrogen-bond donors (Lipinski definition) is 2. The van der Waals surface area contributed by atoms with Gasteiger partial charge in [0.15, 0.2) is 11.5 Å². The third-order valence-corrected chi connectivity index (χ3v) is 5.76. The van der Waals surface area contributed by atoms with Crippen LogP contribution in [-0.2, 0) is 4.79 Å². The summed E-state index contributed by atoms with van der Waals surface area (Å²) in [5.41, 5.74) is 5.90. The van der Waals surface area contributed by atoms with Crippen molar-refractivity contribution in [2.75, 3.05) is 19.5 Å². The number of aryl methyl sites for hydroxylation is 1. The van der Waals surface area contributed by atoms with Crippen LogP contribution in [0.2, 0.25) is 0 Å². The van der Waals surface area contributed by atoms with Gasteiger partial charge in [0, 0.05) is 11.8 Å². The van der Waals surface area contributed by atoms with E-state index in [1.807, 2.05) is 0 Å². The lowest BCUT2D eigenvalue weighted by Crippen LogP contribution is -2.31. The van der Waals surface area contributed by atoms with Crippen LogP contribution in [0.5, 0.6) is 11.5 Å². The number of nitrogens with two attached hydrogens (primary N) is 1. The lowest BCUT2D eigenvalue weighted by Gasteiger charge is -2.16. The molecule has 0 fully saturated rings. The summed E-state index contributed by atoms with van der Waals surface area (Å²) in [7, 11) is 3.01. The van der Waals surface area contributed by atoms with Gasteiger partial charge in [-0.05, 0) is 31.5 Å². The van der Waals surface area contributed by atoms with Crippen LogP contribution in [0.15, 0.2) is 29.3 Å². The summed E-state index contributed by atoms with van der Waals surface area (Å²) in [5, 5.41) is 3.03. The number of ether oxygens (including phenoxy) is 2. The molecule has 2 aromatic heterocycles. The molecule has 9 nitrogen and oxygen atoms in total. The fraction of sp³-hybridized carbons (Fsp3) is 0.263. The molecule has 0 saturated heterocycles. The molecule has 1 aromatic carbocycles. The molecule has 0 aliphatic rings. The molecule has 3 rings (SSSR count). The Balaban J connectivity index is 1.93. The molecule has 2 heterocycles. The second-order valence-corrected chi connectivity index (χ2v) is 7.29. The van der Waals surface area contributed by atoms with Gasteiger partial charge in [-0.15, -0.1) is 11.3 Å². The summed E-state index contributed by atoms with van der Waals surface area (Å²) >= 11 is 1.06. The molecule has 10 heteroatoms. The highest BCUT2D eigenvalue weighted by Crippen LogP contribution is 2.30. The fourth-order valence-electron chi connectivity index (χ4n) is 2.94. The standard InChI is InChI=1S/C19H20N4O5S/c1-9-14-18(29-15(9)16(20)24)21-8-23(19(14)26)10(2)17(25)22-11-5-6-12(27-3)13(7-11)28-4/h5-8,10H,1-4H3,(H2,20,24)(H,22,25). The van der Waals surface area contributed by atoms with Crippen LogP contribution in [-0.4, -0.2) is 35.6 Å². The number of carbonyl (C=O) groups is 2. The van der Waals surface area contributed by atoms with Gasteiger partial charge < -0.3 is 20.5 Å². The van der Waals surface area contributed by atoms with E-state index in [0.717, 1.165) is 11.3 Å². The predicted molar refractivity (Wildman–Crippen MR) is 110 cm³/mol. The molecule has 29 heavy (non-hydrogen) atoms. The minimum atomic E-state index is -0.844. The van der Waals surface area contributed by atoms with E-state index >= 15 is 0 Å². The first-order valence-electron chi connectivity index (χ1n) is 8.61. The zero-order chi connectivity index (χ0) is 21.3. The summed E-state index contributed by atoms with van der Waals surface area (Å²) in [5.74, 6) is -0.0344. The Morgan fingerprint density at radius 3 is 2.55 bits per heavy atom. The molecule has 0 saturated carbocycles. The molecule has 1 unspecified atom stereocenters. The van der Waals surface area contributed by atoms with Crippen molar-refractivity contribution in [2.24, 2.45) is 5.73 Å². The summed E-state index contributed by atoms with van der Waals surface area (Å²) < 4.78 is 11.6. The van der Waals surface area contributed by atoms with Gasteiger partial charge in [-0.1, -0.05) is 0 Å². The van der Waals surface area contributed by atoms with Gasteiger partial charge in [-0.2, -0.15) is 0 Å². The first-order valence-corrected chi connectivity index (χ1v) is 9.43. The summed E-state index contributed by atoms with van der Waals surface area (Å²) in [6.07, 6.45) is 1.30. The molecule has 0 aliphatic heterocycles. The van der Waals surface area contributed by atoms with Crippen molar-refractivity contribution in [1.29, 1.82) is 0 Å². The molecule has 3 N–H and O–H groups in total. The average molecular weight is 416 g/mol. The lowest BCUT2D eigenvalue weighted by atomic mass is 10.2. The average Bonchev–Trinajstić information content (AvgIpc) is 3.05. The van der Waals surface area contributed by atoms with Crippen LogP contribution in [0.3, 0.4) is 0 Å². The molecule has 3 aromatic rings. The first-order chi connectivity index (χ1) is 13.8. The molecule has 0 radical (unpaired) electrons. The van der Waals surface area contributed by atoms with Crippen molar-refractivity contribution in [1.82, 2.24) is 9.55 Å². The first kappa shape index (κ1) is 20.3. The normalized spacial score (nSPS) is 11.9. The molecular formula is C19H20N4O5S. The van der Waals surface area contributed by atoms with E-state index in [-0.39, 0.29) is 10.3 Å². The van der Waals surface area contributed by atoms with Crippen LogP contribution in [0.1, 0.15) is 28.2 Å². The van der Waals surface area contributed by atoms with E-state index in [9.17, 15) is 14.4 Å². The topological polar surface area (TPSA) is 126 Å². The highest BCUT2D eigenvalue weighted by molar-refractivity contribution is 7.20. The second kappa shape index (κ2) is 7.92. The minimum Gasteiger partial charge on any atom is -0.493 e. The third kappa shape index (κ3) is 3.66. The lowest BCUT2D eigenvalue weighted by molar-refractivity contribution is -0.118. The van der Waals surface area contributed by atoms with Gasteiger partial charge >= 0.3 is 0 Å². The monoisotopic (exact) mass is 416 g/mol. The van der Waals surface area contributed by atoms with Gasteiger partial charge in [0.1, 0.15) is 10.9 Å². The summed E-state index contributed by atoms with van der Waals surface area (Å²) in [6.45, 7) is 3.22. The largest absolute Gasteiger partial charge is 0.493 e. The maximum atomic E-state index is 12.9. The zero-order valence-corrected chi connectivity index (χ0v) is 17.1. The smallest absolute Gasteiger partial charge is 0.263 e. The van der Waals surface area contributed by atoms with Gasteiger partial charge in [0.25, 0.3) is 11.5 Å². The van der Waals surface area contributed by atoms with Crippen molar-refractivity contribution in [3.8, 4) is 11.5 Å². The molecule has 152 valence electrons. The maximum Gasteiger partial charge on any atom is 0.263 e. The number of primary amides is 1. The Morgan fingerprint density at radius 2 is 1.93 bits per heavy atom. The highest BCUT2D eigenvalue weighted by atomic mass is 32.1. The third-order valence-electron chi connectivity index (χ3n) is 4.55. The molecule has 0 bridgehead atoms. The summed E-state index contributed by atoms with van der Waals surface area (Å²) in [6, 6.07) is 4.11. The number of aromatic nitrogens is 2. The summed E-state index contributed by atoms with van der Waals surface area (Å²) in [4.78, 5) is 42.1. The van der Waals surface area contributed by atoms with E-state index in [4.69, 9.17) is 15.2 Å². The van der Waals surface area contributed by atoms with Crippen LogP contribution in [0, 0.1) is 6.92 Å². The Kier molecular flexibility index (Phi) is 5.55. The maximum absolute atomic E-state index is 12.9. The van der Waals surface area contributed by atoms with Crippen molar-refractivity contribution in [3.63, 3.8) is 0 Å². The van der Waals surface area contributed by atoms with Gasteiger partial charge in [-0.3, -0.25) is 19.0 Å². The van der Waals surface area contributed by atoms with Crippen molar-refractivity contribution in [2.45, 2.75) is 19.9 Å². The number of amides is 2. The Bertz CT molecular complexity index is 1170. The minimum absolute atomic E-state index is 0.282. The van der Waals surface area contributed by atoms with E-state index in [1.54, 1.807) is 32.0 Å². The number of thiophene rings is 1. The zero-order valence-electron chi connectivity index (χ0n) is 16.3. The highest BCUT2D eigenvalue weighted by Gasteiger charge is 2.22. The predicted octanol–water partition coefficient (Wildman–Crippen LogP) is 2.08. The second-order valence-electron chi connectivity index (χ2n) is 6.29. The van der Waals surface area contributed by atoms with Crippen LogP contribution >= 0.6 is 11.3 Å². The van der Waals surface area contributed by atoms with Gasteiger partial charge in [0.05, 0.1) is 30.8 Å². The van der Waals surface area contributed by atoms with E-state index < -0.39 is 23.4 Å². The van der Waals surface area contributed by atoms with Gasteiger partial charge in [0.2, 0.25) is 5.91 Å². The van der Waals surface area contributed by atoms with Crippen molar-refractivity contribution >= 4 is 39.1 Å². The Labute approximate surface area is 170 Å². The number of benzene rings is 1. The van der Waals surface area contributed by atoms with Crippen molar-refractivity contribution < 1.29 is 19.1 Å². The van der Waals surface area contributed by atoms with Crippen molar-refractivity contribution in [3.05, 3.63) is 45.3 Å². The Hall–Kier alpha value is -3.40.